The van der Waals surface area contributed by atoms with E-state index < -0.39 is 18.3 Å². The lowest BCUT2D eigenvalue weighted by atomic mass is 10.0. The Labute approximate surface area is 137 Å². The van der Waals surface area contributed by atoms with Crippen LogP contribution in [0.3, 0.4) is 0 Å². The van der Waals surface area contributed by atoms with E-state index in [9.17, 15) is 18.0 Å². The molecule has 3 nitrogen and oxygen atoms in total. The fourth-order valence-electron chi connectivity index (χ4n) is 2.45. The number of hydrogen-bond acceptors (Lipinski definition) is 2. The quantitative estimate of drug-likeness (QED) is 0.865. The van der Waals surface area contributed by atoms with E-state index in [-0.39, 0.29) is 11.8 Å². The van der Waals surface area contributed by atoms with Crippen LogP contribution >= 0.6 is 0 Å². The standard InChI is InChI=1S/C18H17F3N2O/c19-15-9-13(23-18(24)12-5-6-12)7-8-14(15)10-1-3-11(4-2-10)16(22)17(20)21/h1-4,7-9,12,16-17H,5-6,22H2,(H,23,24). The van der Waals surface area contributed by atoms with Crippen LogP contribution < -0.4 is 11.1 Å². The summed E-state index contributed by atoms with van der Waals surface area (Å²) in [4.78, 5) is 11.7. The molecule has 6 heteroatoms. The third-order valence-corrected chi connectivity index (χ3v) is 4.06. The second kappa shape index (κ2) is 6.65. The molecule has 1 fully saturated rings. The minimum Gasteiger partial charge on any atom is -0.326 e. The van der Waals surface area contributed by atoms with Crippen LogP contribution in [0.2, 0.25) is 0 Å². The third kappa shape index (κ3) is 3.59. The summed E-state index contributed by atoms with van der Waals surface area (Å²) in [7, 11) is 0. The van der Waals surface area contributed by atoms with Crippen LogP contribution in [0.5, 0.6) is 0 Å². The zero-order valence-corrected chi connectivity index (χ0v) is 12.8. The summed E-state index contributed by atoms with van der Waals surface area (Å²) in [6.45, 7) is 0. The van der Waals surface area contributed by atoms with E-state index in [2.05, 4.69) is 5.32 Å². The molecule has 1 aliphatic carbocycles. The number of nitrogens with one attached hydrogen (secondary N) is 1. The van der Waals surface area contributed by atoms with Gasteiger partial charge in [0, 0.05) is 17.2 Å². The minimum atomic E-state index is -2.65. The first-order valence-corrected chi connectivity index (χ1v) is 7.70. The monoisotopic (exact) mass is 334 g/mol. The molecule has 1 unspecified atom stereocenters. The van der Waals surface area contributed by atoms with Crippen LogP contribution in [0.25, 0.3) is 11.1 Å². The predicted octanol–water partition coefficient (Wildman–Crippen LogP) is 4.11. The highest BCUT2D eigenvalue weighted by Gasteiger charge is 2.29. The molecule has 1 saturated carbocycles. The second-order valence-corrected chi connectivity index (χ2v) is 5.94. The number of benzene rings is 2. The zero-order valence-electron chi connectivity index (χ0n) is 12.8. The Morgan fingerprint density at radius 2 is 1.79 bits per heavy atom. The van der Waals surface area contributed by atoms with Crippen molar-refractivity contribution in [1.82, 2.24) is 0 Å². The summed E-state index contributed by atoms with van der Waals surface area (Å²) in [5, 5.41) is 2.68. The SMILES string of the molecule is NC(c1ccc(-c2ccc(NC(=O)C3CC3)cc2F)cc1)C(F)F. The van der Waals surface area contributed by atoms with Crippen molar-refractivity contribution in [2.45, 2.75) is 25.3 Å². The number of alkyl halides is 2. The summed E-state index contributed by atoms with van der Waals surface area (Å²) < 4.78 is 39.5. The Morgan fingerprint density at radius 3 is 2.33 bits per heavy atom. The molecule has 0 heterocycles. The van der Waals surface area contributed by atoms with Gasteiger partial charge in [0.25, 0.3) is 6.43 Å². The summed E-state index contributed by atoms with van der Waals surface area (Å²) in [6.07, 6.45) is -0.902. The van der Waals surface area contributed by atoms with Gasteiger partial charge in [-0.05, 0) is 42.2 Å². The molecular weight excluding hydrogens is 317 g/mol. The van der Waals surface area contributed by atoms with Gasteiger partial charge in [-0.25, -0.2) is 13.2 Å². The molecule has 126 valence electrons. The number of amides is 1. The first kappa shape index (κ1) is 16.5. The maximum absolute atomic E-state index is 14.3. The highest BCUT2D eigenvalue weighted by atomic mass is 19.3. The fourth-order valence-corrected chi connectivity index (χ4v) is 2.45. The van der Waals surface area contributed by atoms with Crippen LogP contribution in [-0.2, 0) is 4.79 Å². The minimum absolute atomic E-state index is 0.0410. The molecule has 0 bridgehead atoms. The second-order valence-electron chi connectivity index (χ2n) is 5.94. The zero-order chi connectivity index (χ0) is 17.3. The molecule has 0 radical (unpaired) electrons. The van der Waals surface area contributed by atoms with Gasteiger partial charge < -0.3 is 11.1 Å². The van der Waals surface area contributed by atoms with E-state index >= 15 is 0 Å². The van der Waals surface area contributed by atoms with Gasteiger partial charge in [0.2, 0.25) is 5.91 Å². The van der Waals surface area contributed by atoms with Crippen molar-refractivity contribution < 1.29 is 18.0 Å². The molecule has 1 aliphatic rings. The lowest BCUT2D eigenvalue weighted by molar-refractivity contribution is -0.117. The van der Waals surface area contributed by atoms with Crippen molar-refractivity contribution in [1.29, 1.82) is 0 Å². The van der Waals surface area contributed by atoms with E-state index in [1.54, 1.807) is 24.3 Å². The van der Waals surface area contributed by atoms with Crippen LogP contribution in [-0.4, -0.2) is 12.3 Å². The smallest absolute Gasteiger partial charge is 0.257 e. The highest BCUT2D eigenvalue weighted by molar-refractivity contribution is 5.94. The van der Waals surface area contributed by atoms with Crippen molar-refractivity contribution >= 4 is 11.6 Å². The Bertz CT molecular complexity index is 742. The largest absolute Gasteiger partial charge is 0.326 e. The number of hydrogen-bond donors (Lipinski definition) is 2. The fraction of sp³-hybridized carbons (Fsp3) is 0.278. The van der Waals surface area contributed by atoms with Gasteiger partial charge in [0.1, 0.15) is 5.82 Å². The lowest BCUT2D eigenvalue weighted by Crippen LogP contribution is -2.18. The summed E-state index contributed by atoms with van der Waals surface area (Å²) in [5.74, 6) is -0.540. The number of carbonyl (C=O) groups is 1. The normalized spacial score (nSPS) is 15.4. The van der Waals surface area contributed by atoms with Gasteiger partial charge in [0.05, 0.1) is 6.04 Å². The van der Waals surface area contributed by atoms with Crippen molar-refractivity contribution in [3.63, 3.8) is 0 Å². The van der Waals surface area contributed by atoms with Gasteiger partial charge >= 0.3 is 0 Å². The van der Waals surface area contributed by atoms with Crippen LogP contribution in [0.1, 0.15) is 24.4 Å². The van der Waals surface area contributed by atoms with E-state index in [1.807, 2.05) is 0 Å². The van der Waals surface area contributed by atoms with E-state index in [1.165, 1.54) is 18.2 Å². The number of halogens is 3. The maximum Gasteiger partial charge on any atom is 0.257 e. The van der Waals surface area contributed by atoms with Crippen molar-refractivity contribution in [3.8, 4) is 11.1 Å². The number of rotatable bonds is 5. The third-order valence-electron chi connectivity index (χ3n) is 4.06. The first-order chi connectivity index (χ1) is 11.5. The van der Waals surface area contributed by atoms with Gasteiger partial charge in [-0.3, -0.25) is 4.79 Å². The van der Waals surface area contributed by atoms with Gasteiger partial charge in [-0.2, -0.15) is 0 Å². The Balaban J connectivity index is 1.77. The molecule has 0 aliphatic heterocycles. The molecular formula is C18H17F3N2O. The Kier molecular flexibility index (Phi) is 4.57. The molecule has 3 N–H and O–H groups in total. The first-order valence-electron chi connectivity index (χ1n) is 7.70. The van der Waals surface area contributed by atoms with Crippen LogP contribution in [0.15, 0.2) is 42.5 Å². The van der Waals surface area contributed by atoms with Crippen molar-refractivity contribution in [2.75, 3.05) is 5.32 Å². The summed E-state index contributed by atoms with van der Waals surface area (Å²) >= 11 is 0. The Hall–Kier alpha value is -2.34. The summed E-state index contributed by atoms with van der Waals surface area (Å²) in [6, 6.07) is 9.12. The maximum atomic E-state index is 14.3. The van der Waals surface area contributed by atoms with Crippen molar-refractivity contribution in [2.24, 2.45) is 11.7 Å². The van der Waals surface area contributed by atoms with E-state index in [0.29, 0.717) is 22.4 Å². The predicted molar refractivity (Wildman–Crippen MR) is 86.1 cm³/mol. The van der Waals surface area contributed by atoms with Crippen LogP contribution in [0.4, 0.5) is 18.9 Å². The van der Waals surface area contributed by atoms with Gasteiger partial charge in [-0.15, -0.1) is 0 Å². The number of carbonyl (C=O) groups excluding carboxylic acids is 1. The number of anilines is 1. The molecule has 1 amide bonds. The molecule has 0 spiro atoms. The van der Waals surface area contributed by atoms with E-state index in [4.69, 9.17) is 5.73 Å². The average Bonchev–Trinajstić information content (AvgIpc) is 3.39. The Morgan fingerprint density at radius 1 is 1.12 bits per heavy atom. The van der Waals surface area contributed by atoms with Crippen LogP contribution in [0, 0.1) is 11.7 Å². The molecule has 0 aromatic heterocycles. The topological polar surface area (TPSA) is 55.1 Å². The number of nitrogens with two attached hydrogens (primary N) is 1. The molecule has 24 heavy (non-hydrogen) atoms. The highest BCUT2D eigenvalue weighted by Crippen LogP contribution is 2.31. The molecule has 1 atom stereocenters. The summed E-state index contributed by atoms with van der Waals surface area (Å²) in [5.41, 5.74) is 6.97. The molecule has 3 rings (SSSR count). The van der Waals surface area contributed by atoms with Gasteiger partial charge in [-0.1, -0.05) is 24.3 Å². The van der Waals surface area contributed by atoms with Crippen molar-refractivity contribution in [3.05, 3.63) is 53.8 Å². The molecule has 2 aromatic carbocycles. The molecule has 0 saturated heterocycles. The molecule has 2 aromatic rings. The van der Waals surface area contributed by atoms with Gasteiger partial charge in [0.15, 0.2) is 0 Å². The average molecular weight is 334 g/mol. The van der Waals surface area contributed by atoms with E-state index in [0.717, 1.165) is 12.8 Å². The lowest BCUT2D eigenvalue weighted by Gasteiger charge is -2.12.